The number of aliphatic hydroxyl groups is 2. The number of carbonyl (C=O) groups is 2. The van der Waals surface area contributed by atoms with Crippen molar-refractivity contribution in [3.63, 3.8) is 0 Å². The lowest BCUT2D eigenvalue weighted by Crippen LogP contribution is -2.45. The Hall–Kier alpha value is -1.92. The van der Waals surface area contributed by atoms with E-state index in [4.69, 9.17) is 4.74 Å². The van der Waals surface area contributed by atoms with Crippen LogP contribution in [0, 0.1) is 0 Å². The third-order valence-electron chi connectivity index (χ3n) is 15.2. The highest BCUT2D eigenvalue weighted by atomic mass is 16.5. The van der Waals surface area contributed by atoms with Gasteiger partial charge in [-0.1, -0.05) is 314 Å². The predicted octanol–water partition coefficient (Wildman–Crippen LogP) is 20.8. The van der Waals surface area contributed by atoms with Crippen LogP contribution in [0.25, 0.3) is 0 Å². The maximum Gasteiger partial charge on any atom is 0.305 e. The third-order valence-corrected chi connectivity index (χ3v) is 15.2. The standard InChI is InChI=1S/C67H127NO5/c1-3-5-7-9-11-13-40-45-49-53-57-61-67(72)73-62-58-54-50-46-42-39-37-35-33-31-29-27-25-23-21-19-17-15-16-18-20-22-24-26-28-30-32-34-36-38-41-44-48-52-56-60-66(71)68-64(63-69)65(70)59-55-51-47-43-14-12-10-8-6-4-2/h17,19,23,25,55,59,64-65,69-70H,3-16,18,20-22,24,26-54,56-58,60-63H2,1-2H3,(H,68,71)/b19-17-,25-23-,59-55+. The zero-order valence-electron chi connectivity index (χ0n) is 49.1. The molecule has 0 aliphatic carbocycles. The molecule has 0 spiro atoms. The number of nitrogens with one attached hydrogen (secondary N) is 1. The molecular weight excluding hydrogens is 899 g/mol. The van der Waals surface area contributed by atoms with Gasteiger partial charge in [-0.3, -0.25) is 9.59 Å². The molecule has 1 amide bonds. The fraction of sp³-hybridized carbons (Fsp3) is 0.881. The molecule has 0 bridgehead atoms. The lowest BCUT2D eigenvalue weighted by Gasteiger charge is -2.20. The van der Waals surface area contributed by atoms with Gasteiger partial charge in [0.1, 0.15) is 0 Å². The van der Waals surface area contributed by atoms with Crippen molar-refractivity contribution in [2.75, 3.05) is 13.2 Å². The van der Waals surface area contributed by atoms with Crippen LogP contribution in [0.2, 0.25) is 0 Å². The van der Waals surface area contributed by atoms with Crippen LogP contribution in [0.3, 0.4) is 0 Å². The summed E-state index contributed by atoms with van der Waals surface area (Å²) < 4.78 is 5.47. The summed E-state index contributed by atoms with van der Waals surface area (Å²) in [5.41, 5.74) is 0. The first-order chi connectivity index (χ1) is 36.0. The number of allylic oxidation sites excluding steroid dienone is 5. The maximum atomic E-state index is 12.4. The van der Waals surface area contributed by atoms with Crippen LogP contribution in [-0.2, 0) is 14.3 Å². The molecule has 0 saturated carbocycles. The Balaban J connectivity index is 3.36. The van der Waals surface area contributed by atoms with E-state index in [1.165, 1.54) is 283 Å². The molecule has 0 rings (SSSR count). The second-order valence-corrected chi connectivity index (χ2v) is 22.5. The Morgan fingerprint density at radius 3 is 1.04 bits per heavy atom. The molecule has 3 N–H and O–H groups in total. The summed E-state index contributed by atoms with van der Waals surface area (Å²) in [5, 5.41) is 23.0. The van der Waals surface area contributed by atoms with Gasteiger partial charge in [0.05, 0.1) is 25.4 Å². The zero-order valence-corrected chi connectivity index (χ0v) is 49.1. The fourth-order valence-corrected chi connectivity index (χ4v) is 10.1. The van der Waals surface area contributed by atoms with Crippen molar-refractivity contribution < 1.29 is 24.5 Å². The highest BCUT2D eigenvalue weighted by molar-refractivity contribution is 5.76. The molecule has 0 aromatic rings. The highest BCUT2D eigenvalue weighted by Crippen LogP contribution is 2.18. The smallest absolute Gasteiger partial charge is 0.305 e. The largest absolute Gasteiger partial charge is 0.466 e. The van der Waals surface area contributed by atoms with Crippen molar-refractivity contribution in [3.05, 3.63) is 36.5 Å². The Bertz CT molecular complexity index is 1180. The van der Waals surface area contributed by atoms with Crippen molar-refractivity contribution in [2.45, 2.75) is 366 Å². The molecule has 2 atom stereocenters. The summed E-state index contributed by atoms with van der Waals surface area (Å²) in [6, 6.07) is -0.624. The van der Waals surface area contributed by atoms with E-state index in [9.17, 15) is 19.8 Å². The number of aliphatic hydroxyl groups excluding tert-OH is 2. The number of ether oxygens (including phenoxy) is 1. The molecule has 0 saturated heterocycles. The second-order valence-electron chi connectivity index (χ2n) is 22.5. The van der Waals surface area contributed by atoms with Gasteiger partial charge in [0.25, 0.3) is 0 Å². The molecule has 2 unspecified atom stereocenters. The monoisotopic (exact) mass is 1030 g/mol. The lowest BCUT2D eigenvalue weighted by molar-refractivity contribution is -0.143. The average Bonchev–Trinajstić information content (AvgIpc) is 3.39. The molecule has 0 aliphatic heterocycles. The Labute approximate surface area is 455 Å². The quantitative estimate of drug-likeness (QED) is 0.0320. The number of esters is 1. The van der Waals surface area contributed by atoms with Gasteiger partial charge in [0.2, 0.25) is 5.91 Å². The van der Waals surface area contributed by atoms with Crippen molar-refractivity contribution in [2.24, 2.45) is 0 Å². The number of hydrogen-bond donors (Lipinski definition) is 3. The first-order valence-corrected chi connectivity index (χ1v) is 32.8. The third kappa shape index (κ3) is 59.2. The zero-order chi connectivity index (χ0) is 52.9. The molecule has 0 aliphatic rings. The Morgan fingerprint density at radius 2 is 0.685 bits per heavy atom. The highest BCUT2D eigenvalue weighted by Gasteiger charge is 2.18. The van der Waals surface area contributed by atoms with Gasteiger partial charge in [-0.05, 0) is 64.2 Å². The molecular formula is C67H127NO5. The minimum atomic E-state index is -0.841. The molecule has 0 fully saturated rings. The van der Waals surface area contributed by atoms with Crippen LogP contribution in [0.5, 0.6) is 0 Å². The SMILES string of the molecule is CCCCCCCCCC/C=C/C(O)C(CO)NC(=O)CCCCCCCCCCCCCCCCCCC/C=C\C/C=C\CCCCCCCCCCCCCOC(=O)CCCCCCCCCCCCC. The van der Waals surface area contributed by atoms with Gasteiger partial charge in [-0.15, -0.1) is 0 Å². The van der Waals surface area contributed by atoms with Crippen LogP contribution in [0.15, 0.2) is 36.5 Å². The van der Waals surface area contributed by atoms with Crippen LogP contribution in [-0.4, -0.2) is 47.4 Å². The first-order valence-electron chi connectivity index (χ1n) is 32.8. The van der Waals surface area contributed by atoms with E-state index in [1.54, 1.807) is 6.08 Å². The summed E-state index contributed by atoms with van der Waals surface area (Å²) in [4.78, 5) is 24.4. The number of rotatable bonds is 61. The van der Waals surface area contributed by atoms with Crippen molar-refractivity contribution >= 4 is 11.9 Å². The molecule has 6 nitrogen and oxygen atoms in total. The Morgan fingerprint density at radius 1 is 0.384 bits per heavy atom. The molecule has 0 aromatic heterocycles. The summed E-state index contributed by atoms with van der Waals surface area (Å²) in [6.07, 6.45) is 79.4. The molecule has 0 radical (unpaired) electrons. The molecule has 430 valence electrons. The maximum absolute atomic E-state index is 12.4. The molecule has 0 aromatic carbocycles. The van der Waals surface area contributed by atoms with Gasteiger partial charge >= 0.3 is 5.97 Å². The Kier molecular flexibility index (Phi) is 61.0. The van der Waals surface area contributed by atoms with Crippen molar-refractivity contribution in [1.29, 1.82) is 0 Å². The number of hydrogen-bond acceptors (Lipinski definition) is 5. The van der Waals surface area contributed by atoms with E-state index >= 15 is 0 Å². The normalized spacial score (nSPS) is 12.8. The molecule has 73 heavy (non-hydrogen) atoms. The summed E-state index contributed by atoms with van der Waals surface area (Å²) in [5.74, 6) is -0.0505. The van der Waals surface area contributed by atoms with Gasteiger partial charge in [-0.25, -0.2) is 0 Å². The van der Waals surface area contributed by atoms with Crippen LogP contribution in [0.4, 0.5) is 0 Å². The molecule has 6 heteroatoms. The predicted molar refractivity (Wildman–Crippen MR) is 319 cm³/mol. The van der Waals surface area contributed by atoms with E-state index in [-0.39, 0.29) is 18.5 Å². The summed E-state index contributed by atoms with van der Waals surface area (Å²) >= 11 is 0. The number of carbonyl (C=O) groups excluding carboxylic acids is 2. The summed E-state index contributed by atoms with van der Waals surface area (Å²) in [7, 11) is 0. The van der Waals surface area contributed by atoms with Crippen molar-refractivity contribution in [1.82, 2.24) is 5.32 Å². The number of amides is 1. The summed E-state index contributed by atoms with van der Waals surface area (Å²) in [6.45, 7) is 4.90. The fourth-order valence-electron chi connectivity index (χ4n) is 10.1. The van der Waals surface area contributed by atoms with Crippen molar-refractivity contribution in [3.8, 4) is 0 Å². The van der Waals surface area contributed by atoms with Gasteiger partial charge < -0.3 is 20.3 Å². The molecule has 0 heterocycles. The van der Waals surface area contributed by atoms with Crippen LogP contribution < -0.4 is 5.32 Å². The minimum Gasteiger partial charge on any atom is -0.466 e. The first kappa shape index (κ1) is 71.1. The van der Waals surface area contributed by atoms with Gasteiger partial charge in [0.15, 0.2) is 0 Å². The average molecular weight is 1030 g/mol. The van der Waals surface area contributed by atoms with E-state index in [0.717, 1.165) is 44.9 Å². The number of unbranched alkanes of at least 4 members (excludes halogenated alkanes) is 46. The van der Waals surface area contributed by atoms with E-state index in [1.807, 2.05) is 6.08 Å². The van der Waals surface area contributed by atoms with Crippen LogP contribution >= 0.6 is 0 Å². The topological polar surface area (TPSA) is 95.9 Å². The van der Waals surface area contributed by atoms with Gasteiger partial charge in [0, 0.05) is 12.8 Å². The van der Waals surface area contributed by atoms with E-state index in [2.05, 4.69) is 43.5 Å². The lowest BCUT2D eigenvalue weighted by atomic mass is 10.0. The van der Waals surface area contributed by atoms with Gasteiger partial charge in [-0.2, -0.15) is 0 Å². The van der Waals surface area contributed by atoms with E-state index < -0.39 is 12.1 Å². The second kappa shape index (κ2) is 62.6. The van der Waals surface area contributed by atoms with Crippen LogP contribution in [0.1, 0.15) is 354 Å². The minimum absolute atomic E-state index is 0.0162. The van der Waals surface area contributed by atoms with E-state index in [0.29, 0.717) is 19.4 Å².